The van der Waals surface area contributed by atoms with E-state index in [1.165, 1.54) is 5.56 Å². The third-order valence-electron chi connectivity index (χ3n) is 5.49. The zero-order valence-corrected chi connectivity index (χ0v) is 17.4. The second-order valence-corrected chi connectivity index (χ2v) is 7.76. The molecular formula is C23H31N5O2. The second kappa shape index (κ2) is 12.0. The van der Waals surface area contributed by atoms with Gasteiger partial charge in [-0.1, -0.05) is 0 Å². The van der Waals surface area contributed by atoms with E-state index in [0.717, 1.165) is 44.5 Å². The quantitative estimate of drug-likeness (QED) is 0.761. The number of pyridine rings is 2. The number of nitrogens with one attached hydrogen (secondary N) is 2. The smallest absolute Gasteiger partial charge is 0.223 e. The Bertz CT molecular complexity index is 785. The van der Waals surface area contributed by atoms with Gasteiger partial charge in [0.25, 0.3) is 0 Å². The fourth-order valence-corrected chi connectivity index (χ4v) is 3.74. The Balaban J connectivity index is 1.51. The van der Waals surface area contributed by atoms with E-state index >= 15 is 0 Å². The summed E-state index contributed by atoms with van der Waals surface area (Å²) in [5.41, 5.74) is 2.34. The van der Waals surface area contributed by atoms with Gasteiger partial charge in [-0.3, -0.25) is 24.5 Å². The minimum Gasteiger partial charge on any atom is -0.356 e. The van der Waals surface area contributed by atoms with Crippen LogP contribution in [-0.4, -0.2) is 52.9 Å². The molecule has 3 rings (SSSR count). The molecule has 2 aromatic rings. The number of amides is 2. The van der Waals surface area contributed by atoms with Gasteiger partial charge in [-0.15, -0.1) is 0 Å². The number of nitrogens with zero attached hydrogens (tertiary/aromatic N) is 3. The largest absolute Gasteiger partial charge is 0.356 e. The van der Waals surface area contributed by atoms with Crippen LogP contribution in [0.5, 0.6) is 0 Å². The standard InChI is InChI=1S/C23H31N5O2/c29-22-9-17-28(18-20-5-12-25-13-6-20)16-1-2-21(8-15-26-22)23(30)27-14-7-19-3-10-24-11-4-19/h3-6,10-13,21H,1-2,7-9,14-18H2,(H,26,29)(H,27,30). The number of aromatic nitrogens is 2. The predicted molar refractivity (Wildman–Crippen MR) is 115 cm³/mol. The van der Waals surface area contributed by atoms with Crippen molar-refractivity contribution in [1.82, 2.24) is 25.5 Å². The molecular weight excluding hydrogens is 378 g/mol. The Morgan fingerprint density at radius 1 is 1.03 bits per heavy atom. The molecule has 1 aliphatic heterocycles. The number of hydrogen-bond donors (Lipinski definition) is 2. The molecule has 1 aliphatic rings. The summed E-state index contributed by atoms with van der Waals surface area (Å²) >= 11 is 0. The molecule has 0 radical (unpaired) electrons. The fraction of sp³-hybridized carbons (Fsp3) is 0.478. The van der Waals surface area contributed by atoms with Gasteiger partial charge in [0.15, 0.2) is 0 Å². The Labute approximate surface area is 178 Å². The Hall–Kier alpha value is -2.80. The molecule has 0 aromatic carbocycles. The van der Waals surface area contributed by atoms with Crippen molar-refractivity contribution in [3.63, 3.8) is 0 Å². The average Bonchev–Trinajstić information content (AvgIpc) is 2.81. The maximum absolute atomic E-state index is 12.7. The van der Waals surface area contributed by atoms with Crippen LogP contribution in [0.1, 0.15) is 36.8 Å². The van der Waals surface area contributed by atoms with Crippen LogP contribution in [0.3, 0.4) is 0 Å². The van der Waals surface area contributed by atoms with Gasteiger partial charge in [0.2, 0.25) is 11.8 Å². The van der Waals surface area contributed by atoms with Crippen LogP contribution < -0.4 is 10.6 Å². The lowest BCUT2D eigenvalue weighted by atomic mass is 9.98. The van der Waals surface area contributed by atoms with E-state index in [4.69, 9.17) is 0 Å². The first-order valence-corrected chi connectivity index (χ1v) is 10.8. The first kappa shape index (κ1) is 21.9. The van der Waals surface area contributed by atoms with E-state index in [1.54, 1.807) is 24.8 Å². The molecule has 1 unspecified atom stereocenters. The highest BCUT2D eigenvalue weighted by atomic mass is 16.2. The first-order valence-electron chi connectivity index (χ1n) is 10.8. The third-order valence-corrected chi connectivity index (χ3v) is 5.49. The summed E-state index contributed by atoms with van der Waals surface area (Å²) in [7, 11) is 0. The fourth-order valence-electron chi connectivity index (χ4n) is 3.74. The summed E-state index contributed by atoms with van der Waals surface area (Å²) in [5, 5.41) is 6.04. The number of hydrogen-bond acceptors (Lipinski definition) is 5. The molecule has 1 saturated heterocycles. The molecule has 0 aliphatic carbocycles. The highest BCUT2D eigenvalue weighted by Gasteiger charge is 2.20. The topological polar surface area (TPSA) is 87.2 Å². The molecule has 7 heteroatoms. The minimum absolute atomic E-state index is 0.0495. The lowest BCUT2D eigenvalue weighted by Gasteiger charge is -2.22. The second-order valence-electron chi connectivity index (χ2n) is 7.76. The Kier molecular flexibility index (Phi) is 8.78. The first-order chi connectivity index (χ1) is 14.7. The van der Waals surface area contributed by atoms with Crippen LogP contribution in [0.25, 0.3) is 0 Å². The van der Waals surface area contributed by atoms with Crippen LogP contribution in [-0.2, 0) is 22.6 Å². The molecule has 7 nitrogen and oxygen atoms in total. The van der Waals surface area contributed by atoms with Crippen molar-refractivity contribution in [2.45, 2.75) is 38.6 Å². The van der Waals surface area contributed by atoms with Crippen LogP contribution in [0.15, 0.2) is 49.1 Å². The molecule has 3 heterocycles. The number of carbonyl (C=O) groups is 2. The zero-order chi connectivity index (χ0) is 21.0. The Morgan fingerprint density at radius 3 is 2.47 bits per heavy atom. The van der Waals surface area contributed by atoms with Gasteiger partial charge >= 0.3 is 0 Å². The maximum atomic E-state index is 12.7. The van der Waals surface area contributed by atoms with E-state index in [2.05, 4.69) is 25.5 Å². The van der Waals surface area contributed by atoms with Gasteiger partial charge in [-0.05, 0) is 67.6 Å². The van der Waals surface area contributed by atoms with Crippen molar-refractivity contribution in [2.24, 2.45) is 5.92 Å². The van der Waals surface area contributed by atoms with Crippen LogP contribution in [0.2, 0.25) is 0 Å². The van der Waals surface area contributed by atoms with Crippen LogP contribution in [0, 0.1) is 5.92 Å². The van der Waals surface area contributed by atoms with Gasteiger partial charge in [0.05, 0.1) is 0 Å². The Morgan fingerprint density at radius 2 is 1.73 bits per heavy atom. The van der Waals surface area contributed by atoms with Crippen molar-refractivity contribution in [2.75, 3.05) is 26.2 Å². The molecule has 0 spiro atoms. The van der Waals surface area contributed by atoms with E-state index in [9.17, 15) is 9.59 Å². The van der Waals surface area contributed by atoms with Crippen molar-refractivity contribution < 1.29 is 9.59 Å². The van der Waals surface area contributed by atoms with Crippen molar-refractivity contribution in [3.8, 4) is 0 Å². The van der Waals surface area contributed by atoms with Gasteiger partial charge < -0.3 is 10.6 Å². The SMILES string of the molecule is O=C1CCN(Cc2ccncc2)CCCC(C(=O)NCCc2ccncc2)CCN1. The van der Waals surface area contributed by atoms with E-state index in [0.29, 0.717) is 25.9 Å². The minimum atomic E-state index is -0.0800. The van der Waals surface area contributed by atoms with Crippen LogP contribution >= 0.6 is 0 Å². The van der Waals surface area contributed by atoms with Gasteiger partial charge in [-0.2, -0.15) is 0 Å². The van der Waals surface area contributed by atoms with E-state index in [1.807, 2.05) is 24.3 Å². The van der Waals surface area contributed by atoms with Crippen molar-refractivity contribution in [3.05, 3.63) is 60.2 Å². The molecule has 2 N–H and O–H groups in total. The lowest BCUT2D eigenvalue weighted by molar-refractivity contribution is -0.126. The highest BCUT2D eigenvalue weighted by molar-refractivity contribution is 5.79. The normalized spacial score (nSPS) is 18.8. The molecule has 2 aromatic heterocycles. The van der Waals surface area contributed by atoms with Gasteiger partial charge in [-0.25, -0.2) is 0 Å². The molecule has 160 valence electrons. The van der Waals surface area contributed by atoms with E-state index in [-0.39, 0.29) is 17.7 Å². The zero-order valence-electron chi connectivity index (χ0n) is 17.4. The summed E-state index contributed by atoms with van der Waals surface area (Å²) < 4.78 is 0. The third kappa shape index (κ3) is 7.55. The monoisotopic (exact) mass is 409 g/mol. The highest BCUT2D eigenvalue weighted by Crippen LogP contribution is 2.15. The molecule has 30 heavy (non-hydrogen) atoms. The van der Waals surface area contributed by atoms with E-state index < -0.39 is 0 Å². The molecule has 0 bridgehead atoms. The molecule has 2 amide bonds. The summed E-state index contributed by atoms with van der Waals surface area (Å²) in [4.78, 5) is 35.3. The summed E-state index contributed by atoms with van der Waals surface area (Å²) in [6.07, 6.45) is 10.8. The number of rotatable bonds is 6. The van der Waals surface area contributed by atoms with Crippen molar-refractivity contribution in [1.29, 1.82) is 0 Å². The maximum Gasteiger partial charge on any atom is 0.223 e. The summed E-state index contributed by atoms with van der Waals surface area (Å²) in [6, 6.07) is 7.94. The van der Waals surface area contributed by atoms with Crippen LogP contribution in [0.4, 0.5) is 0 Å². The molecule has 1 atom stereocenters. The van der Waals surface area contributed by atoms with Gasteiger partial charge in [0.1, 0.15) is 0 Å². The molecule has 1 fully saturated rings. The summed E-state index contributed by atoms with van der Waals surface area (Å²) in [5.74, 6) is 0.0512. The van der Waals surface area contributed by atoms with Crippen molar-refractivity contribution >= 4 is 11.8 Å². The lowest BCUT2D eigenvalue weighted by Crippen LogP contribution is -2.35. The average molecular weight is 410 g/mol. The number of carbonyl (C=O) groups excluding carboxylic acids is 2. The summed E-state index contributed by atoms with van der Waals surface area (Å²) in [6.45, 7) is 3.54. The molecule has 0 saturated carbocycles. The van der Waals surface area contributed by atoms with Gasteiger partial charge in [0, 0.05) is 63.3 Å². The predicted octanol–water partition coefficient (Wildman–Crippen LogP) is 1.94.